The lowest BCUT2D eigenvalue weighted by atomic mass is 10.1. The molecule has 0 aromatic heterocycles. The van der Waals surface area contributed by atoms with Crippen LogP contribution >= 0.6 is 0 Å². The van der Waals surface area contributed by atoms with E-state index in [1.165, 1.54) is 0 Å². The second kappa shape index (κ2) is 7.99. The maximum absolute atomic E-state index is 10.6. The van der Waals surface area contributed by atoms with Crippen LogP contribution in [0.1, 0.15) is 0 Å². The molecule has 0 heterocycles. The van der Waals surface area contributed by atoms with E-state index in [-0.39, 0.29) is 13.2 Å². The van der Waals surface area contributed by atoms with Gasteiger partial charge in [-0.15, -0.1) is 0 Å². The summed E-state index contributed by atoms with van der Waals surface area (Å²) in [5.74, 6) is -3.03. The summed E-state index contributed by atoms with van der Waals surface area (Å²) >= 11 is 0. The number of carboxylic acid groups (broad SMARTS) is 2. The highest BCUT2D eigenvalue weighted by molar-refractivity contribution is 5.84. The number of rotatable bonds is 9. The van der Waals surface area contributed by atoms with Crippen molar-refractivity contribution in [3.8, 4) is 0 Å². The molecule has 0 rings (SSSR count). The van der Waals surface area contributed by atoms with E-state index in [1.807, 2.05) is 0 Å². The maximum Gasteiger partial charge on any atom is 0.334 e. The lowest BCUT2D eigenvalue weighted by Gasteiger charge is -2.17. The zero-order chi connectivity index (χ0) is 12.6. The Morgan fingerprint density at radius 2 is 1.69 bits per heavy atom. The molecule has 0 radical (unpaired) electrons. The van der Waals surface area contributed by atoms with E-state index in [0.29, 0.717) is 13.1 Å². The van der Waals surface area contributed by atoms with E-state index in [2.05, 4.69) is 10.6 Å². The predicted molar refractivity (Wildman–Crippen MR) is 53.0 cm³/mol. The lowest BCUT2D eigenvalue weighted by Crippen LogP contribution is -2.51. The molecule has 8 heteroatoms. The van der Waals surface area contributed by atoms with Crippen molar-refractivity contribution in [2.24, 2.45) is 0 Å². The summed E-state index contributed by atoms with van der Waals surface area (Å²) in [6.45, 7) is 0.846. The monoisotopic (exact) mass is 236 g/mol. The number of nitrogens with one attached hydrogen (secondary N) is 2. The average molecular weight is 236 g/mol. The lowest BCUT2D eigenvalue weighted by molar-refractivity contribution is -0.156. The zero-order valence-corrected chi connectivity index (χ0v) is 8.59. The molecule has 0 aromatic carbocycles. The maximum atomic E-state index is 10.6. The summed E-state index contributed by atoms with van der Waals surface area (Å²) in [6.07, 6.45) is -1.99. The molecule has 0 amide bonds. The van der Waals surface area contributed by atoms with Gasteiger partial charge in [0.15, 0.2) is 6.10 Å². The molecule has 94 valence electrons. The SMILES string of the molecule is O=C(O)C(O)C(NCCNCCO)C(=O)O. The highest BCUT2D eigenvalue weighted by Gasteiger charge is 2.31. The van der Waals surface area contributed by atoms with Crippen molar-refractivity contribution in [1.82, 2.24) is 10.6 Å². The van der Waals surface area contributed by atoms with Gasteiger partial charge >= 0.3 is 11.9 Å². The van der Waals surface area contributed by atoms with Gasteiger partial charge in [-0.2, -0.15) is 0 Å². The first kappa shape index (κ1) is 14.8. The van der Waals surface area contributed by atoms with Gasteiger partial charge in [0.25, 0.3) is 0 Å². The molecular formula is C8H16N2O6. The van der Waals surface area contributed by atoms with Crippen LogP contribution in [0.5, 0.6) is 0 Å². The minimum atomic E-state index is -1.99. The van der Waals surface area contributed by atoms with Gasteiger partial charge in [-0.3, -0.25) is 4.79 Å². The summed E-state index contributed by atoms with van der Waals surface area (Å²) in [7, 11) is 0. The fourth-order valence-electron chi connectivity index (χ4n) is 0.997. The molecule has 2 unspecified atom stereocenters. The molecule has 0 aromatic rings. The van der Waals surface area contributed by atoms with Crippen LogP contribution in [0.3, 0.4) is 0 Å². The fourth-order valence-corrected chi connectivity index (χ4v) is 0.997. The first-order valence-electron chi connectivity index (χ1n) is 4.69. The molecule has 0 aliphatic carbocycles. The van der Waals surface area contributed by atoms with E-state index in [1.54, 1.807) is 0 Å². The third-order valence-corrected chi connectivity index (χ3v) is 1.79. The highest BCUT2D eigenvalue weighted by atomic mass is 16.4. The van der Waals surface area contributed by atoms with Crippen molar-refractivity contribution < 1.29 is 30.0 Å². The van der Waals surface area contributed by atoms with E-state index >= 15 is 0 Å². The second-order valence-electron chi connectivity index (χ2n) is 3.03. The first-order chi connectivity index (χ1) is 7.50. The predicted octanol–water partition coefficient (Wildman–Crippen LogP) is -2.94. The minimum Gasteiger partial charge on any atom is -0.480 e. The Balaban J connectivity index is 3.96. The van der Waals surface area contributed by atoms with Crippen molar-refractivity contribution in [1.29, 1.82) is 0 Å². The summed E-state index contributed by atoms with van der Waals surface area (Å²) < 4.78 is 0. The Hall–Kier alpha value is -1.22. The topological polar surface area (TPSA) is 139 Å². The minimum absolute atomic E-state index is 0.0416. The number of aliphatic hydroxyl groups excluding tert-OH is 2. The van der Waals surface area contributed by atoms with Gasteiger partial charge in [0.05, 0.1) is 6.61 Å². The van der Waals surface area contributed by atoms with Crippen molar-refractivity contribution >= 4 is 11.9 Å². The quantitative estimate of drug-likeness (QED) is 0.234. The Morgan fingerprint density at radius 3 is 2.12 bits per heavy atom. The number of carboxylic acids is 2. The zero-order valence-electron chi connectivity index (χ0n) is 8.59. The number of aliphatic carboxylic acids is 2. The third-order valence-electron chi connectivity index (χ3n) is 1.79. The molecular weight excluding hydrogens is 220 g/mol. The van der Waals surface area contributed by atoms with Gasteiger partial charge in [-0.25, -0.2) is 4.79 Å². The van der Waals surface area contributed by atoms with Crippen LogP contribution in [0.2, 0.25) is 0 Å². The van der Waals surface area contributed by atoms with Crippen LogP contribution in [0.15, 0.2) is 0 Å². The average Bonchev–Trinajstić information content (AvgIpc) is 2.21. The summed E-state index contributed by atoms with van der Waals surface area (Å²) in [6, 6.07) is -1.55. The Kier molecular flexibility index (Phi) is 7.38. The second-order valence-corrected chi connectivity index (χ2v) is 3.03. The Morgan fingerprint density at radius 1 is 1.06 bits per heavy atom. The first-order valence-corrected chi connectivity index (χ1v) is 4.69. The standard InChI is InChI=1S/C8H16N2O6/c11-4-3-9-1-2-10-5(7(13)14)6(12)8(15)16/h5-6,9-12H,1-4H2,(H,13,14)(H,15,16). The van der Waals surface area contributed by atoms with Crippen molar-refractivity contribution in [2.75, 3.05) is 26.2 Å². The van der Waals surface area contributed by atoms with Gasteiger partial charge in [0.2, 0.25) is 0 Å². The number of aliphatic hydroxyl groups is 2. The van der Waals surface area contributed by atoms with E-state index < -0.39 is 24.1 Å². The van der Waals surface area contributed by atoms with Gasteiger partial charge in [-0.05, 0) is 0 Å². The smallest absolute Gasteiger partial charge is 0.334 e. The van der Waals surface area contributed by atoms with Crippen LogP contribution in [0.4, 0.5) is 0 Å². The van der Waals surface area contributed by atoms with E-state index in [4.69, 9.17) is 20.4 Å². The molecule has 2 atom stereocenters. The molecule has 6 N–H and O–H groups in total. The summed E-state index contributed by atoms with van der Waals surface area (Å²) in [5, 5.41) is 39.7. The van der Waals surface area contributed by atoms with Gasteiger partial charge < -0.3 is 31.1 Å². The van der Waals surface area contributed by atoms with E-state index in [9.17, 15) is 9.59 Å². The number of hydrogen-bond donors (Lipinski definition) is 6. The molecule has 0 aliphatic rings. The molecule has 8 nitrogen and oxygen atoms in total. The largest absolute Gasteiger partial charge is 0.480 e. The summed E-state index contributed by atoms with van der Waals surface area (Å²) in [4.78, 5) is 21.0. The molecule has 0 spiro atoms. The van der Waals surface area contributed by atoms with Gasteiger partial charge in [-0.1, -0.05) is 0 Å². The van der Waals surface area contributed by atoms with Crippen LogP contribution in [-0.4, -0.2) is 70.8 Å². The van der Waals surface area contributed by atoms with Crippen molar-refractivity contribution in [2.45, 2.75) is 12.1 Å². The molecule has 0 saturated carbocycles. The van der Waals surface area contributed by atoms with Crippen molar-refractivity contribution in [3.63, 3.8) is 0 Å². The van der Waals surface area contributed by atoms with Crippen LogP contribution in [0, 0.1) is 0 Å². The number of hydrogen-bond acceptors (Lipinski definition) is 6. The van der Waals surface area contributed by atoms with Crippen LogP contribution in [-0.2, 0) is 9.59 Å². The normalized spacial score (nSPS) is 14.4. The van der Waals surface area contributed by atoms with Gasteiger partial charge in [0.1, 0.15) is 6.04 Å². The molecule has 0 fully saturated rings. The Bertz CT molecular complexity index is 235. The highest BCUT2D eigenvalue weighted by Crippen LogP contribution is 1.94. The third kappa shape index (κ3) is 5.61. The van der Waals surface area contributed by atoms with Crippen LogP contribution in [0.25, 0.3) is 0 Å². The molecule has 0 saturated heterocycles. The number of carbonyl (C=O) groups is 2. The van der Waals surface area contributed by atoms with Gasteiger partial charge in [0, 0.05) is 19.6 Å². The molecule has 0 aliphatic heterocycles. The molecule has 0 bridgehead atoms. The molecule has 16 heavy (non-hydrogen) atoms. The summed E-state index contributed by atoms with van der Waals surface area (Å²) in [5.41, 5.74) is 0. The van der Waals surface area contributed by atoms with Crippen LogP contribution < -0.4 is 10.6 Å². The fraction of sp³-hybridized carbons (Fsp3) is 0.750. The van der Waals surface area contributed by atoms with E-state index in [0.717, 1.165) is 0 Å². The van der Waals surface area contributed by atoms with Crippen molar-refractivity contribution in [3.05, 3.63) is 0 Å². The Labute approximate surface area is 91.9 Å².